The van der Waals surface area contributed by atoms with Crippen LogP contribution in [0.4, 0.5) is 8.78 Å². The number of carbonyl (C=O) groups is 2. The number of rotatable bonds is 7. The maximum absolute atomic E-state index is 13.4. The van der Waals surface area contributed by atoms with Crippen LogP contribution in [0, 0.1) is 12.8 Å². The van der Waals surface area contributed by atoms with Gasteiger partial charge in [0, 0.05) is 6.54 Å². The number of aromatic carboxylic acids is 1. The highest BCUT2D eigenvalue weighted by molar-refractivity contribution is 7.13. The normalized spacial score (nSPS) is 12.6. The number of hydrogen-bond donors (Lipinski definition) is 2. The Morgan fingerprint density at radius 2 is 2.00 bits per heavy atom. The van der Waals surface area contributed by atoms with E-state index >= 15 is 0 Å². The predicted molar refractivity (Wildman–Crippen MR) is 91.7 cm³/mol. The van der Waals surface area contributed by atoms with Crippen LogP contribution in [0.15, 0.2) is 6.20 Å². The van der Waals surface area contributed by atoms with Gasteiger partial charge in [-0.25, -0.2) is 18.6 Å². The van der Waals surface area contributed by atoms with E-state index in [9.17, 15) is 18.4 Å². The van der Waals surface area contributed by atoms with Gasteiger partial charge in [0.2, 0.25) is 0 Å². The fraction of sp³-hybridized carbons (Fsp3) is 0.500. The lowest BCUT2D eigenvalue weighted by Crippen LogP contribution is -2.27. The van der Waals surface area contributed by atoms with Crippen LogP contribution < -0.4 is 5.32 Å². The first-order valence-corrected chi connectivity index (χ1v) is 8.78. The molecule has 7 nitrogen and oxygen atoms in total. The van der Waals surface area contributed by atoms with Crippen LogP contribution in [0.25, 0.3) is 0 Å². The number of aryl methyl sites for hydroxylation is 1. The van der Waals surface area contributed by atoms with Crippen LogP contribution in [0.1, 0.15) is 69.7 Å². The summed E-state index contributed by atoms with van der Waals surface area (Å²) in [4.78, 5) is 27.8. The zero-order chi connectivity index (χ0) is 19.6. The Bertz CT molecular complexity index is 817. The van der Waals surface area contributed by atoms with Crippen molar-refractivity contribution in [2.24, 2.45) is 5.92 Å². The third-order valence-electron chi connectivity index (χ3n) is 3.60. The minimum Gasteiger partial charge on any atom is -0.477 e. The summed E-state index contributed by atoms with van der Waals surface area (Å²) in [6.45, 7) is 7.18. The number of hydrogen-bond acceptors (Lipinski definition) is 5. The number of nitrogens with one attached hydrogen (secondary N) is 1. The number of thiazole rings is 1. The van der Waals surface area contributed by atoms with Gasteiger partial charge in [0.05, 0.1) is 23.5 Å². The first kappa shape index (κ1) is 20.0. The van der Waals surface area contributed by atoms with Gasteiger partial charge in [0.1, 0.15) is 15.6 Å². The summed E-state index contributed by atoms with van der Waals surface area (Å²) in [5, 5.41) is 16.0. The molecular weight excluding hydrogens is 366 g/mol. The number of carbonyl (C=O) groups excluding carboxylic acids is 1. The zero-order valence-corrected chi connectivity index (χ0v) is 15.6. The van der Waals surface area contributed by atoms with Crippen molar-refractivity contribution in [2.75, 3.05) is 0 Å². The lowest BCUT2D eigenvalue weighted by molar-refractivity contribution is 0.0700. The molecular formula is C16H20F2N4O3S. The minimum absolute atomic E-state index is 0.0825. The van der Waals surface area contributed by atoms with Gasteiger partial charge in [-0.1, -0.05) is 13.8 Å². The Morgan fingerprint density at radius 3 is 2.50 bits per heavy atom. The Labute approximate surface area is 153 Å². The standard InChI is InChI=1S/C16H20F2N4O3S/c1-7(2)6-22-11(13(17)18)10(5-19-22)14(23)20-9(4)15-21-8(3)12(26-15)16(24)25/h5,7,9,13H,6H2,1-4H3,(H,20,23)(H,24,25). The van der Waals surface area contributed by atoms with Gasteiger partial charge in [-0.2, -0.15) is 5.10 Å². The Hall–Kier alpha value is -2.36. The highest BCUT2D eigenvalue weighted by Crippen LogP contribution is 2.26. The van der Waals surface area contributed by atoms with E-state index in [1.807, 2.05) is 13.8 Å². The van der Waals surface area contributed by atoms with E-state index < -0.39 is 30.0 Å². The maximum Gasteiger partial charge on any atom is 0.347 e. The largest absolute Gasteiger partial charge is 0.477 e. The van der Waals surface area contributed by atoms with Crippen molar-refractivity contribution in [1.82, 2.24) is 20.1 Å². The fourth-order valence-electron chi connectivity index (χ4n) is 2.43. The van der Waals surface area contributed by atoms with Gasteiger partial charge in [-0.3, -0.25) is 9.48 Å². The average Bonchev–Trinajstić information content (AvgIpc) is 3.10. The second-order valence-corrected chi connectivity index (χ2v) is 7.32. The summed E-state index contributed by atoms with van der Waals surface area (Å²) in [5.74, 6) is -1.71. The lowest BCUT2D eigenvalue weighted by Gasteiger charge is -2.13. The van der Waals surface area contributed by atoms with Crippen LogP contribution in [-0.2, 0) is 6.54 Å². The second kappa shape index (κ2) is 7.90. The maximum atomic E-state index is 13.4. The average molecular weight is 386 g/mol. The fourth-order valence-corrected chi connectivity index (χ4v) is 3.34. The lowest BCUT2D eigenvalue weighted by atomic mass is 10.2. The van der Waals surface area contributed by atoms with Gasteiger partial charge in [-0.05, 0) is 19.8 Å². The number of halogens is 2. The van der Waals surface area contributed by atoms with E-state index in [1.165, 1.54) is 0 Å². The molecule has 0 aliphatic rings. The molecule has 1 amide bonds. The molecule has 2 aromatic rings. The monoisotopic (exact) mass is 386 g/mol. The minimum atomic E-state index is -2.84. The van der Waals surface area contributed by atoms with Crippen LogP contribution in [0.5, 0.6) is 0 Å². The summed E-state index contributed by atoms with van der Waals surface area (Å²) in [7, 11) is 0. The van der Waals surface area contributed by atoms with Crippen molar-refractivity contribution in [2.45, 2.75) is 46.7 Å². The van der Waals surface area contributed by atoms with Crippen molar-refractivity contribution in [3.05, 3.63) is 33.0 Å². The molecule has 0 saturated carbocycles. The van der Waals surface area contributed by atoms with E-state index in [0.29, 0.717) is 10.7 Å². The second-order valence-electron chi connectivity index (χ2n) is 6.29. The molecule has 0 fully saturated rings. The number of aromatic nitrogens is 3. The van der Waals surface area contributed by atoms with Crippen LogP contribution in [-0.4, -0.2) is 31.7 Å². The molecule has 2 N–H and O–H groups in total. The van der Waals surface area contributed by atoms with Crippen molar-refractivity contribution < 1.29 is 23.5 Å². The first-order valence-electron chi connectivity index (χ1n) is 7.97. The van der Waals surface area contributed by atoms with E-state index in [-0.39, 0.29) is 22.9 Å². The van der Waals surface area contributed by atoms with E-state index in [0.717, 1.165) is 22.2 Å². The summed E-state index contributed by atoms with van der Waals surface area (Å²) >= 11 is 0.943. The van der Waals surface area contributed by atoms with Gasteiger partial charge < -0.3 is 10.4 Å². The highest BCUT2D eigenvalue weighted by atomic mass is 32.1. The molecule has 1 atom stereocenters. The molecule has 0 spiro atoms. The summed E-state index contributed by atoms with van der Waals surface area (Å²) in [6.07, 6.45) is -1.71. The van der Waals surface area contributed by atoms with Gasteiger partial charge in [0.25, 0.3) is 12.3 Å². The van der Waals surface area contributed by atoms with E-state index in [1.54, 1.807) is 13.8 Å². The van der Waals surface area contributed by atoms with Crippen molar-refractivity contribution in [1.29, 1.82) is 0 Å². The third-order valence-corrected chi connectivity index (χ3v) is 4.92. The van der Waals surface area contributed by atoms with Crippen LogP contribution in [0.2, 0.25) is 0 Å². The molecule has 0 aromatic carbocycles. The number of nitrogens with zero attached hydrogens (tertiary/aromatic N) is 3. The molecule has 10 heteroatoms. The molecule has 2 rings (SSSR count). The highest BCUT2D eigenvalue weighted by Gasteiger charge is 2.27. The molecule has 0 bridgehead atoms. The molecule has 2 heterocycles. The van der Waals surface area contributed by atoms with Gasteiger partial charge in [-0.15, -0.1) is 11.3 Å². The first-order chi connectivity index (χ1) is 12.1. The van der Waals surface area contributed by atoms with Crippen molar-refractivity contribution in [3.8, 4) is 0 Å². The smallest absolute Gasteiger partial charge is 0.347 e. The Balaban J connectivity index is 2.23. The third kappa shape index (κ3) is 4.24. The number of carboxylic acid groups (broad SMARTS) is 1. The number of amides is 1. The topological polar surface area (TPSA) is 97.1 Å². The number of carboxylic acids is 1. The Kier molecular flexibility index (Phi) is 6.06. The summed E-state index contributed by atoms with van der Waals surface area (Å²) in [5.41, 5.74) is -0.277. The Morgan fingerprint density at radius 1 is 1.35 bits per heavy atom. The van der Waals surface area contributed by atoms with Gasteiger partial charge in [0.15, 0.2) is 0 Å². The zero-order valence-electron chi connectivity index (χ0n) is 14.8. The molecule has 2 aromatic heterocycles. The molecule has 0 aliphatic carbocycles. The molecule has 0 aliphatic heterocycles. The molecule has 142 valence electrons. The van der Waals surface area contributed by atoms with Crippen molar-refractivity contribution in [3.63, 3.8) is 0 Å². The van der Waals surface area contributed by atoms with Crippen molar-refractivity contribution >= 4 is 23.2 Å². The number of alkyl halides is 2. The molecule has 26 heavy (non-hydrogen) atoms. The van der Waals surface area contributed by atoms with E-state index in [4.69, 9.17) is 5.11 Å². The SMILES string of the molecule is Cc1nc(C(C)NC(=O)c2cnn(CC(C)C)c2C(F)F)sc1C(=O)O. The van der Waals surface area contributed by atoms with Gasteiger partial charge >= 0.3 is 5.97 Å². The van der Waals surface area contributed by atoms with Crippen LogP contribution >= 0.6 is 11.3 Å². The quantitative estimate of drug-likeness (QED) is 0.760. The van der Waals surface area contributed by atoms with E-state index in [2.05, 4.69) is 15.4 Å². The summed E-state index contributed by atoms with van der Waals surface area (Å²) < 4.78 is 28.0. The summed E-state index contributed by atoms with van der Waals surface area (Å²) in [6, 6.07) is -0.627. The molecule has 1 unspecified atom stereocenters. The molecule has 0 radical (unpaired) electrons. The molecule has 0 saturated heterocycles. The predicted octanol–water partition coefficient (Wildman–Crippen LogP) is 3.43. The van der Waals surface area contributed by atoms with Crippen LogP contribution in [0.3, 0.4) is 0 Å².